The number of amides is 1. The first-order valence-electron chi connectivity index (χ1n) is 5.71. The number of aromatic nitrogens is 3. The maximum atomic E-state index is 12.1. The highest BCUT2D eigenvalue weighted by Gasteiger charge is 2.13. The van der Waals surface area contributed by atoms with E-state index in [0.717, 1.165) is 11.0 Å². The molecule has 3 aromatic rings. The first kappa shape index (κ1) is 12.9. The summed E-state index contributed by atoms with van der Waals surface area (Å²) in [6.07, 6.45) is 0. The number of nitrogens with zero attached hydrogens (tertiary/aromatic N) is 2. The molecular weight excluding hydrogens is 299 g/mol. The highest BCUT2D eigenvalue weighted by molar-refractivity contribution is 6.34. The molecule has 0 aliphatic carbocycles. The minimum absolute atomic E-state index is 0.127. The molecule has 0 radical (unpaired) electrons. The fraction of sp³-hybridized carbons (Fsp3) is 0. The van der Waals surface area contributed by atoms with Crippen LogP contribution in [-0.4, -0.2) is 20.9 Å². The Balaban J connectivity index is 1.89. The molecule has 0 fully saturated rings. The second kappa shape index (κ2) is 5.11. The van der Waals surface area contributed by atoms with Gasteiger partial charge >= 0.3 is 0 Å². The van der Waals surface area contributed by atoms with E-state index in [0.29, 0.717) is 5.69 Å². The number of carbonyl (C=O) groups is 1. The number of benzene rings is 1. The number of aromatic amines is 1. The molecule has 0 atom stereocenters. The monoisotopic (exact) mass is 306 g/mol. The molecule has 1 amide bonds. The van der Waals surface area contributed by atoms with E-state index in [1.54, 1.807) is 12.1 Å². The average Bonchev–Trinajstić information content (AvgIpc) is 2.86. The van der Waals surface area contributed by atoms with Crippen LogP contribution in [0.15, 0.2) is 36.4 Å². The first-order valence-corrected chi connectivity index (χ1v) is 6.47. The van der Waals surface area contributed by atoms with Crippen molar-refractivity contribution in [1.29, 1.82) is 0 Å². The van der Waals surface area contributed by atoms with Crippen molar-refractivity contribution in [1.82, 2.24) is 15.0 Å². The Morgan fingerprint density at radius 2 is 1.90 bits per heavy atom. The lowest BCUT2D eigenvalue weighted by Crippen LogP contribution is -2.14. The summed E-state index contributed by atoms with van der Waals surface area (Å²) in [4.78, 5) is 23.1. The Labute approximate surface area is 124 Å². The number of nitrogens with one attached hydrogen (secondary N) is 2. The standard InChI is InChI=1S/C13H8Cl2N4O/c14-10-6-5-9(11(15)19-10)18-13(20)12-16-7-3-1-2-4-8(7)17-12/h1-6H,(H,16,17)(H,18,20). The third-order valence-corrected chi connectivity index (χ3v) is 3.17. The number of hydrogen-bond donors (Lipinski definition) is 2. The second-order valence-corrected chi connectivity index (χ2v) is 4.77. The Bertz CT molecular complexity index is 767. The lowest BCUT2D eigenvalue weighted by Gasteiger charge is -2.04. The Morgan fingerprint density at radius 1 is 1.10 bits per heavy atom. The number of para-hydroxylation sites is 2. The van der Waals surface area contributed by atoms with Crippen LogP contribution in [0.3, 0.4) is 0 Å². The number of carbonyl (C=O) groups excluding carboxylic acids is 1. The third kappa shape index (κ3) is 2.45. The molecule has 0 bridgehead atoms. The number of anilines is 1. The van der Waals surface area contributed by atoms with Gasteiger partial charge in [0, 0.05) is 0 Å². The summed E-state index contributed by atoms with van der Waals surface area (Å²) in [7, 11) is 0. The van der Waals surface area contributed by atoms with Crippen LogP contribution in [-0.2, 0) is 0 Å². The van der Waals surface area contributed by atoms with Gasteiger partial charge < -0.3 is 10.3 Å². The van der Waals surface area contributed by atoms with Crippen molar-refractivity contribution in [2.24, 2.45) is 0 Å². The van der Waals surface area contributed by atoms with Gasteiger partial charge in [0.1, 0.15) is 5.15 Å². The highest BCUT2D eigenvalue weighted by atomic mass is 35.5. The van der Waals surface area contributed by atoms with Crippen LogP contribution in [0.5, 0.6) is 0 Å². The number of imidazole rings is 1. The zero-order valence-electron chi connectivity index (χ0n) is 10.0. The topological polar surface area (TPSA) is 70.7 Å². The Morgan fingerprint density at radius 3 is 2.65 bits per heavy atom. The van der Waals surface area contributed by atoms with E-state index in [1.165, 1.54) is 0 Å². The van der Waals surface area contributed by atoms with E-state index in [9.17, 15) is 4.79 Å². The van der Waals surface area contributed by atoms with Gasteiger partial charge in [-0.3, -0.25) is 4.79 Å². The van der Waals surface area contributed by atoms with Crippen molar-refractivity contribution >= 4 is 45.8 Å². The molecule has 2 heterocycles. The van der Waals surface area contributed by atoms with Gasteiger partial charge in [0.2, 0.25) is 0 Å². The Kier molecular flexibility index (Phi) is 3.30. The summed E-state index contributed by atoms with van der Waals surface area (Å²) in [5.41, 5.74) is 1.89. The van der Waals surface area contributed by atoms with Crippen molar-refractivity contribution in [3.63, 3.8) is 0 Å². The molecule has 0 aliphatic rings. The zero-order valence-corrected chi connectivity index (χ0v) is 11.5. The largest absolute Gasteiger partial charge is 0.334 e. The smallest absolute Gasteiger partial charge is 0.291 e. The quantitative estimate of drug-likeness (QED) is 0.712. The van der Waals surface area contributed by atoms with Crippen molar-refractivity contribution < 1.29 is 4.79 Å². The van der Waals surface area contributed by atoms with Crippen molar-refractivity contribution in [3.8, 4) is 0 Å². The van der Waals surface area contributed by atoms with Crippen LogP contribution >= 0.6 is 23.2 Å². The molecule has 2 aromatic heterocycles. The highest BCUT2D eigenvalue weighted by Crippen LogP contribution is 2.22. The molecule has 3 rings (SSSR count). The maximum absolute atomic E-state index is 12.1. The summed E-state index contributed by atoms with van der Waals surface area (Å²) >= 11 is 11.6. The second-order valence-electron chi connectivity index (χ2n) is 4.03. The fourth-order valence-corrected chi connectivity index (χ4v) is 2.14. The van der Waals surface area contributed by atoms with Gasteiger partial charge in [-0.05, 0) is 24.3 Å². The van der Waals surface area contributed by atoms with Gasteiger partial charge in [0.05, 0.1) is 16.7 Å². The molecule has 0 saturated carbocycles. The lowest BCUT2D eigenvalue weighted by molar-refractivity contribution is 0.101. The van der Waals surface area contributed by atoms with Crippen molar-refractivity contribution in [2.45, 2.75) is 0 Å². The van der Waals surface area contributed by atoms with Crippen LogP contribution in [0.2, 0.25) is 10.3 Å². The molecule has 2 N–H and O–H groups in total. The molecule has 5 nitrogen and oxygen atoms in total. The summed E-state index contributed by atoms with van der Waals surface area (Å²) in [6.45, 7) is 0. The van der Waals surface area contributed by atoms with Crippen LogP contribution < -0.4 is 5.32 Å². The lowest BCUT2D eigenvalue weighted by atomic mass is 10.3. The van der Waals surface area contributed by atoms with E-state index in [4.69, 9.17) is 23.2 Å². The number of fused-ring (bicyclic) bond motifs is 1. The first-order chi connectivity index (χ1) is 9.63. The fourth-order valence-electron chi connectivity index (χ4n) is 1.75. The molecule has 0 aliphatic heterocycles. The zero-order chi connectivity index (χ0) is 14.1. The van der Waals surface area contributed by atoms with Crippen molar-refractivity contribution in [2.75, 3.05) is 5.32 Å². The molecule has 100 valence electrons. The normalized spacial score (nSPS) is 10.7. The van der Waals surface area contributed by atoms with Gasteiger partial charge in [-0.1, -0.05) is 35.3 Å². The summed E-state index contributed by atoms with van der Waals surface area (Å²) in [5, 5.41) is 3.02. The SMILES string of the molecule is O=C(Nc1ccc(Cl)nc1Cl)c1nc2ccccc2[nH]1. The predicted molar refractivity (Wildman–Crippen MR) is 78.3 cm³/mol. The van der Waals surface area contributed by atoms with Gasteiger partial charge in [-0.25, -0.2) is 9.97 Å². The number of rotatable bonds is 2. The van der Waals surface area contributed by atoms with E-state index >= 15 is 0 Å². The van der Waals surface area contributed by atoms with Crippen LogP contribution in [0, 0.1) is 0 Å². The number of H-pyrrole nitrogens is 1. The van der Waals surface area contributed by atoms with Crippen molar-refractivity contribution in [3.05, 3.63) is 52.5 Å². The summed E-state index contributed by atoms with van der Waals surface area (Å²) < 4.78 is 0. The molecule has 1 aromatic carbocycles. The minimum Gasteiger partial charge on any atom is -0.334 e. The Hall–Kier alpha value is -2.11. The van der Waals surface area contributed by atoms with Gasteiger partial charge in [0.25, 0.3) is 5.91 Å². The molecule has 0 unspecified atom stereocenters. The van der Waals surface area contributed by atoms with Gasteiger partial charge in [-0.2, -0.15) is 0 Å². The van der Waals surface area contributed by atoms with E-state index in [2.05, 4.69) is 20.3 Å². The maximum Gasteiger partial charge on any atom is 0.291 e. The van der Waals surface area contributed by atoms with E-state index in [-0.39, 0.29) is 16.1 Å². The van der Waals surface area contributed by atoms with E-state index in [1.807, 2.05) is 24.3 Å². The molecule has 7 heteroatoms. The third-order valence-electron chi connectivity index (χ3n) is 2.67. The minimum atomic E-state index is -0.396. The number of halogens is 2. The predicted octanol–water partition coefficient (Wildman–Crippen LogP) is 3.52. The number of hydrogen-bond acceptors (Lipinski definition) is 3. The summed E-state index contributed by atoms with van der Waals surface area (Å²) in [5.74, 6) is -0.190. The van der Waals surface area contributed by atoms with Crippen LogP contribution in [0.4, 0.5) is 5.69 Å². The molecule has 0 saturated heterocycles. The molecule has 0 spiro atoms. The van der Waals surface area contributed by atoms with Gasteiger partial charge in [0.15, 0.2) is 11.0 Å². The van der Waals surface area contributed by atoms with Crippen LogP contribution in [0.1, 0.15) is 10.6 Å². The average molecular weight is 307 g/mol. The number of pyridine rings is 1. The summed E-state index contributed by atoms with van der Waals surface area (Å²) in [6, 6.07) is 10.5. The molecule has 20 heavy (non-hydrogen) atoms. The van der Waals surface area contributed by atoms with E-state index < -0.39 is 5.91 Å². The molecular formula is C13H8Cl2N4O. The van der Waals surface area contributed by atoms with Gasteiger partial charge in [-0.15, -0.1) is 0 Å². The van der Waals surface area contributed by atoms with Crippen LogP contribution in [0.25, 0.3) is 11.0 Å².